The van der Waals surface area contributed by atoms with Gasteiger partial charge in [0.15, 0.2) is 0 Å². The third-order valence-corrected chi connectivity index (χ3v) is 11.5. The van der Waals surface area contributed by atoms with E-state index in [1.165, 1.54) is 61.2 Å². The predicted octanol–water partition coefficient (Wildman–Crippen LogP) is 10.4. The molecule has 1 spiro atoms. The lowest BCUT2D eigenvalue weighted by molar-refractivity contribution is 0.386. The number of nitrogens with one attached hydrogen (secondary N) is 2. The van der Waals surface area contributed by atoms with Crippen molar-refractivity contribution in [3.8, 4) is 22.3 Å². The number of fused-ring (bicyclic) bond motifs is 9. The van der Waals surface area contributed by atoms with Crippen LogP contribution >= 0.6 is 0 Å². The maximum absolute atomic E-state index is 6.65. The van der Waals surface area contributed by atoms with Crippen molar-refractivity contribution in [2.24, 2.45) is 5.73 Å². The van der Waals surface area contributed by atoms with Crippen LogP contribution in [0.15, 0.2) is 176 Å². The highest BCUT2D eigenvalue weighted by molar-refractivity contribution is 5.90. The Hall–Kier alpha value is -5.58. The summed E-state index contributed by atoms with van der Waals surface area (Å²) in [6.07, 6.45) is -0.434. The Labute approximate surface area is 307 Å². The fourth-order valence-electron chi connectivity index (χ4n) is 8.98. The fraction of sp³-hybridized carbons (Fsp3) is 0.143. The smallest absolute Gasteiger partial charge is 0.0852 e. The first-order valence-electron chi connectivity index (χ1n) is 18.3. The molecule has 0 aromatic heterocycles. The molecular formula is C49H43N3. The molecule has 3 nitrogen and oxygen atoms in total. The molecular weight excluding hydrogens is 631 g/mol. The highest BCUT2D eigenvalue weighted by Crippen LogP contribution is 2.62. The van der Waals surface area contributed by atoms with Crippen molar-refractivity contribution in [3.63, 3.8) is 0 Å². The first-order valence-corrected chi connectivity index (χ1v) is 18.3. The molecule has 0 radical (unpaired) electrons. The molecule has 7 aromatic carbocycles. The number of benzene rings is 7. The zero-order chi connectivity index (χ0) is 35.3. The van der Waals surface area contributed by atoms with Gasteiger partial charge in [0.25, 0.3) is 0 Å². The highest BCUT2D eigenvalue weighted by atomic mass is 15.2. The van der Waals surface area contributed by atoms with Gasteiger partial charge >= 0.3 is 0 Å². The maximum atomic E-state index is 6.65. The minimum absolute atomic E-state index is 0.105. The Morgan fingerprint density at radius 3 is 1.69 bits per heavy atom. The summed E-state index contributed by atoms with van der Waals surface area (Å²) >= 11 is 0. The lowest BCUT2D eigenvalue weighted by Crippen LogP contribution is -2.40. The molecule has 4 N–H and O–H groups in total. The molecule has 0 saturated carbocycles. The molecule has 9 rings (SSSR count). The number of nitrogens with two attached hydrogens (primary N) is 1. The van der Waals surface area contributed by atoms with Gasteiger partial charge in [-0.3, -0.25) is 10.6 Å². The maximum Gasteiger partial charge on any atom is 0.0852 e. The standard InChI is InChI=1S/C49H43N3/c1-48(2)42-24-11-13-26-44(42)49(45-27-14-12-25-43(45)48)40-23-10-9-22-38(40)39-31-37(28-29-41(39)49)36-21-15-16-33(30-36)32-51-47(35-19-7-4-8-20-35)52-46(50)34-17-5-3-6-18-34/h3-31,46-47,51-52H,32,50H2,1-2H3. The van der Waals surface area contributed by atoms with Gasteiger partial charge in [0, 0.05) is 12.0 Å². The second-order valence-electron chi connectivity index (χ2n) is 14.8. The Kier molecular flexibility index (Phi) is 8.01. The zero-order valence-electron chi connectivity index (χ0n) is 29.7. The molecule has 2 unspecified atom stereocenters. The van der Waals surface area contributed by atoms with E-state index in [1.54, 1.807) is 0 Å². The van der Waals surface area contributed by atoms with Gasteiger partial charge in [-0.2, -0.15) is 0 Å². The quantitative estimate of drug-likeness (QED) is 0.141. The van der Waals surface area contributed by atoms with E-state index in [0.29, 0.717) is 6.54 Å². The van der Waals surface area contributed by atoms with Crippen molar-refractivity contribution in [1.29, 1.82) is 0 Å². The van der Waals surface area contributed by atoms with Gasteiger partial charge in [-0.05, 0) is 84.5 Å². The van der Waals surface area contributed by atoms with Crippen molar-refractivity contribution < 1.29 is 0 Å². The van der Waals surface area contributed by atoms with Crippen LogP contribution in [0.4, 0.5) is 0 Å². The summed E-state index contributed by atoms with van der Waals surface area (Å²) in [7, 11) is 0. The molecule has 0 aliphatic heterocycles. The molecule has 2 aliphatic carbocycles. The molecule has 0 saturated heterocycles. The summed E-state index contributed by atoms with van der Waals surface area (Å²) in [5.74, 6) is 0. The van der Waals surface area contributed by atoms with Crippen LogP contribution in [0, 0.1) is 0 Å². The van der Waals surface area contributed by atoms with Gasteiger partial charge in [-0.15, -0.1) is 0 Å². The van der Waals surface area contributed by atoms with Crippen LogP contribution in [0.1, 0.15) is 76.3 Å². The molecule has 0 heterocycles. The van der Waals surface area contributed by atoms with E-state index in [0.717, 1.165) is 11.1 Å². The van der Waals surface area contributed by atoms with Crippen LogP contribution in [0.25, 0.3) is 22.3 Å². The average molecular weight is 674 g/mol. The molecule has 52 heavy (non-hydrogen) atoms. The third-order valence-electron chi connectivity index (χ3n) is 11.5. The minimum atomic E-state index is -0.376. The summed E-state index contributed by atoms with van der Waals surface area (Å²) < 4.78 is 0. The van der Waals surface area contributed by atoms with E-state index in [2.05, 4.69) is 176 Å². The van der Waals surface area contributed by atoms with Crippen molar-refractivity contribution in [2.75, 3.05) is 0 Å². The van der Waals surface area contributed by atoms with E-state index < -0.39 is 0 Å². The molecule has 254 valence electrons. The fourth-order valence-corrected chi connectivity index (χ4v) is 8.98. The third kappa shape index (κ3) is 5.16. The molecule has 0 amide bonds. The molecule has 0 fully saturated rings. The van der Waals surface area contributed by atoms with Crippen molar-refractivity contribution in [1.82, 2.24) is 10.6 Å². The summed E-state index contributed by atoms with van der Waals surface area (Å²) in [5, 5.41) is 7.38. The van der Waals surface area contributed by atoms with Gasteiger partial charge < -0.3 is 5.73 Å². The van der Waals surface area contributed by atoms with Gasteiger partial charge in [-0.25, -0.2) is 0 Å². The van der Waals surface area contributed by atoms with E-state index in [1.807, 2.05) is 24.3 Å². The molecule has 7 aromatic rings. The Morgan fingerprint density at radius 2 is 1.02 bits per heavy atom. The lowest BCUT2D eigenvalue weighted by Gasteiger charge is -2.46. The number of rotatable bonds is 8. The lowest BCUT2D eigenvalue weighted by atomic mass is 9.55. The van der Waals surface area contributed by atoms with Crippen LogP contribution in [-0.2, 0) is 17.4 Å². The second-order valence-corrected chi connectivity index (χ2v) is 14.8. The molecule has 0 bridgehead atoms. The molecule has 3 heteroatoms. The van der Waals surface area contributed by atoms with Crippen LogP contribution < -0.4 is 16.4 Å². The topological polar surface area (TPSA) is 50.1 Å². The van der Waals surface area contributed by atoms with Gasteiger partial charge in [-0.1, -0.05) is 178 Å². The van der Waals surface area contributed by atoms with Gasteiger partial charge in [0.1, 0.15) is 0 Å². The summed E-state index contributed by atoms with van der Waals surface area (Å²) in [6, 6.07) is 64.0. The number of hydrogen-bond donors (Lipinski definition) is 3. The van der Waals surface area contributed by atoms with Crippen molar-refractivity contribution in [3.05, 3.63) is 226 Å². The van der Waals surface area contributed by atoms with E-state index >= 15 is 0 Å². The minimum Gasteiger partial charge on any atom is -0.312 e. The molecule has 2 aliphatic rings. The average Bonchev–Trinajstić information content (AvgIpc) is 3.50. The second kappa shape index (κ2) is 12.9. The zero-order valence-corrected chi connectivity index (χ0v) is 29.7. The van der Waals surface area contributed by atoms with Gasteiger partial charge in [0.2, 0.25) is 0 Å². The summed E-state index contributed by atoms with van der Waals surface area (Å²) in [4.78, 5) is 0. The molecule has 2 atom stereocenters. The normalized spacial score (nSPS) is 15.6. The van der Waals surface area contributed by atoms with Crippen molar-refractivity contribution >= 4 is 0 Å². The van der Waals surface area contributed by atoms with Crippen molar-refractivity contribution in [2.45, 2.75) is 43.6 Å². The Balaban J connectivity index is 1.08. The Bertz CT molecular complexity index is 2350. The largest absolute Gasteiger partial charge is 0.312 e. The van der Waals surface area contributed by atoms with Crippen LogP contribution in [-0.4, -0.2) is 0 Å². The monoisotopic (exact) mass is 673 g/mol. The van der Waals surface area contributed by atoms with Gasteiger partial charge in [0.05, 0.1) is 17.7 Å². The first kappa shape index (κ1) is 32.3. The highest BCUT2D eigenvalue weighted by Gasteiger charge is 2.53. The van der Waals surface area contributed by atoms with E-state index in [-0.39, 0.29) is 23.2 Å². The Morgan fingerprint density at radius 1 is 0.481 bits per heavy atom. The van der Waals surface area contributed by atoms with Crippen LogP contribution in [0.2, 0.25) is 0 Å². The van der Waals surface area contributed by atoms with E-state index in [4.69, 9.17) is 5.73 Å². The summed E-state index contributed by atoms with van der Waals surface area (Å²) in [6.45, 7) is 5.43. The first-order chi connectivity index (χ1) is 25.5. The number of hydrogen-bond acceptors (Lipinski definition) is 3. The SMILES string of the molecule is CC1(C)c2ccccc2C2(c3ccccc3-c3cc(-c4cccc(CNC(NC(N)c5ccccc5)c5ccccc5)c4)ccc32)c2ccccc21. The van der Waals surface area contributed by atoms with Crippen LogP contribution in [0.3, 0.4) is 0 Å². The van der Waals surface area contributed by atoms with Crippen LogP contribution in [0.5, 0.6) is 0 Å². The van der Waals surface area contributed by atoms with E-state index in [9.17, 15) is 0 Å². The predicted molar refractivity (Wildman–Crippen MR) is 214 cm³/mol. The summed E-state index contributed by atoms with van der Waals surface area (Å²) in [5.41, 5.74) is 22.9.